The number of halogens is 1. The molecule has 0 unspecified atom stereocenters. The molecule has 2 aromatic rings. The van der Waals surface area contributed by atoms with Gasteiger partial charge < -0.3 is 5.32 Å². The predicted molar refractivity (Wildman–Crippen MR) is 80.2 cm³/mol. The van der Waals surface area contributed by atoms with Gasteiger partial charge in [0.2, 0.25) is 0 Å². The first-order valence-corrected chi connectivity index (χ1v) is 6.63. The van der Waals surface area contributed by atoms with Crippen molar-refractivity contribution >= 4 is 28.3 Å². The van der Waals surface area contributed by atoms with Crippen molar-refractivity contribution in [3.63, 3.8) is 0 Å². The van der Waals surface area contributed by atoms with Crippen molar-refractivity contribution in [1.29, 1.82) is 0 Å². The zero-order valence-corrected chi connectivity index (χ0v) is 12.2. The first-order valence-electron chi connectivity index (χ1n) is 5.56. The lowest BCUT2D eigenvalue weighted by atomic mass is 10.2. The van der Waals surface area contributed by atoms with E-state index >= 15 is 0 Å². The lowest BCUT2D eigenvalue weighted by molar-refractivity contribution is 1.10. The van der Waals surface area contributed by atoms with E-state index in [1.165, 1.54) is 20.3 Å². The van der Waals surface area contributed by atoms with Crippen LogP contribution >= 0.6 is 22.6 Å². The number of aryl methyl sites for hydroxylation is 2. The highest BCUT2D eigenvalue weighted by atomic mass is 127. The molecule has 1 N–H and O–H groups in total. The Balaban J connectivity index is 2.05. The van der Waals surface area contributed by atoms with Gasteiger partial charge in [-0.1, -0.05) is 12.1 Å². The topological polar surface area (TPSA) is 24.9 Å². The van der Waals surface area contributed by atoms with E-state index < -0.39 is 0 Å². The molecule has 1 aromatic carbocycles. The molecule has 0 aliphatic carbocycles. The number of benzene rings is 1. The Bertz CT molecular complexity index is 523. The Morgan fingerprint density at radius 2 is 2.00 bits per heavy atom. The summed E-state index contributed by atoms with van der Waals surface area (Å²) < 4.78 is 1.29. The van der Waals surface area contributed by atoms with E-state index in [-0.39, 0.29) is 0 Å². The number of nitrogens with zero attached hydrogens (tertiary/aromatic N) is 1. The van der Waals surface area contributed by atoms with Gasteiger partial charge in [-0.25, -0.2) is 0 Å². The van der Waals surface area contributed by atoms with Crippen molar-refractivity contribution in [1.82, 2.24) is 4.98 Å². The Hall–Kier alpha value is -1.10. The summed E-state index contributed by atoms with van der Waals surface area (Å²) in [6.45, 7) is 5.00. The summed E-state index contributed by atoms with van der Waals surface area (Å²) >= 11 is 2.36. The molecule has 88 valence electrons. The normalized spacial score (nSPS) is 10.3. The van der Waals surface area contributed by atoms with Gasteiger partial charge in [-0.15, -0.1) is 0 Å². The molecular formula is C14H15IN2. The molecule has 0 radical (unpaired) electrons. The highest BCUT2D eigenvalue weighted by Gasteiger charge is 1.98. The van der Waals surface area contributed by atoms with Gasteiger partial charge in [-0.2, -0.15) is 0 Å². The van der Waals surface area contributed by atoms with Crippen molar-refractivity contribution in [3.05, 3.63) is 56.9 Å². The number of aromatic nitrogens is 1. The van der Waals surface area contributed by atoms with Crippen molar-refractivity contribution in [2.24, 2.45) is 0 Å². The molecule has 0 aliphatic rings. The van der Waals surface area contributed by atoms with Gasteiger partial charge in [-0.3, -0.25) is 4.98 Å². The second kappa shape index (κ2) is 5.49. The lowest BCUT2D eigenvalue weighted by Gasteiger charge is -2.08. The fourth-order valence-electron chi connectivity index (χ4n) is 1.62. The van der Waals surface area contributed by atoms with E-state index in [1.54, 1.807) is 0 Å². The molecule has 0 atom stereocenters. The Morgan fingerprint density at radius 3 is 2.71 bits per heavy atom. The number of rotatable bonds is 3. The van der Waals surface area contributed by atoms with Crippen molar-refractivity contribution in [2.45, 2.75) is 20.4 Å². The molecule has 1 heterocycles. The second-order valence-electron chi connectivity index (χ2n) is 4.19. The molecule has 0 saturated carbocycles. The van der Waals surface area contributed by atoms with Gasteiger partial charge >= 0.3 is 0 Å². The highest BCUT2D eigenvalue weighted by molar-refractivity contribution is 14.1. The minimum atomic E-state index is 0.813. The Morgan fingerprint density at radius 1 is 1.18 bits per heavy atom. The van der Waals surface area contributed by atoms with Crippen LogP contribution in [0.3, 0.4) is 0 Å². The second-order valence-corrected chi connectivity index (χ2v) is 5.35. The molecule has 0 saturated heterocycles. The van der Waals surface area contributed by atoms with Gasteiger partial charge in [0.05, 0.1) is 0 Å². The SMILES string of the molecule is Cc1cncc(CNc2ccc(C)c(I)c2)c1. The summed E-state index contributed by atoms with van der Waals surface area (Å²) in [7, 11) is 0. The summed E-state index contributed by atoms with van der Waals surface area (Å²) in [6, 6.07) is 8.57. The monoisotopic (exact) mass is 338 g/mol. The summed E-state index contributed by atoms with van der Waals surface area (Å²) in [4.78, 5) is 4.19. The molecule has 0 spiro atoms. The van der Waals surface area contributed by atoms with Gasteiger partial charge in [0.1, 0.15) is 0 Å². The van der Waals surface area contributed by atoms with Crippen LogP contribution in [-0.4, -0.2) is 4.98 Å². The van der Waals surface area contributed by atoms with Gasteiger partial charge in [0, 0.05) is 28.2 Å². The highest BCUT2D eigenvalue weighted by Crippen LogP contribution is 2.17. The number of anilines is 1. The van der Waals surface area contributed by atoms with Crippen LogP contribution in [0, 0.1) is 17.4 Å². The molecular weight excluding hydrogens is 323 g/mol. The first-order chi connectivity index (χ1) is 8.15. The average Bonchev–Trinajstić information content (AvgIpc) is 2.31. The van der Waals surface area contributed by atoms with Crippen LogP contribution in [0.25, 0.3) is 0 Å². The van der Waals surface area contributed by atoms with Crippen molar-refractivity contribution in [2.75, 3.05) is 5.32 Å². The number of nitrogens with one attached hydrogen (secondary N) is 1. The van der Waals surface area contributed by atoms with E-state index in [0.29, 0.717) is 0 Å². The first kappa shape index (κ1) is 12.4. The smallest absolute Gasteiger partial charge is 0.0416 e. The maximum absolute atomic E-state index is 4.19. The van der Waals surface area contributed by atoms with E-state index in [0.717, 1.165) is 12.2 Å². The van der Waals surface area contributed by atoms with Crippen LogP contribution < -0.4 is 5.32 Å². The molecule has 0 bridgehead atoms. The summed E-state index contributed by atoms with van der Waals surface area (Å²) in [5.74, 6) is 0. The van der Waals surface area contributed by atoms with Crippen LogP contribution in [0.4, 0.5) is 5.69 Å². The predicted octanol–water partition coefficient (Wildman–Crippen LogP) is 3.92. The van der Waals surface area contributed by atoms with Crippen molar-refractivity contribution in [3.8, 4) is 0 Å². The largest absolute Gasteiger partial charge is 0.381 e. The fourth-order valence-corrected chi connectivity index (χ4v) is 2.14. The molecule has 3 heteroatoms. The zero-order valence-electron chi connectivity index (χ0n) is 10.00. The van der Waals surface area contributed by atoms with E-state index in [1.807, 2.05) is 12.4 Å². The van der Waals surface area contributed by atoms with Crippen LogP contribution in [-0.2, 0) is 6.54 Å². The number of hydrogen-bond donors (Lipinski definition) is 1. The van der Waals surface area contributed by atoms with E-state index in [9.17, 15) is 0 Å². The van der Waals surface area contributed by atoms with Crippen LogP contribution in [0.2, 0.25) is 0 Å². The number of pyridine rings is 1. The minimum Gasteiger partial charge on any atom is -0.381 e. The molecule has 0 amide bonds. The molecule has 1 aromatic heterocycles. The maximum Gasteiger partial charge on any atom is 0.0416 e. The summed E-state index contributed by atoms with van der Waals surface area (Å²) in [5, 5.41) is 3.41. The minimum absolute atomic E-state index is 0.813. The Kier molecular flexibility index (Phi) is 3.99. The molecule has 0 fully saturated rings. The van der Waals surface area contributed by atoms with E-state index in [2.05, 4.69) is 71.0 Å². The van der Waals surface area contributed by atoms with E-state index in [4.69, 9.17) is 0 Å². The zero-order chi connectivity index (χ0) is 12.3. The number of hydrogen-bond acceptors (Lipinski definition) is 2. The average molecular weight is 338 g/mol. The third kappa shape index (κ3) is 3.43. The lowest BCUT2D eigenvalue weighted by Crippen LogP contribution is -2.00. The summed E-state index contributed by atoms with van der Waals surface area (Å²) in [6.07, 6.45) is 3.78. The molecule has 2 nitrogen and oxygen atoms in total. The fraction of sp³-hybridized carbons (Fsp3) is 0.214. The standard InChI is InChI=1S/C14H15IN2/c1-10-5-12(8-16-7-10)9-17-13-4-3-11(2)14(15)6-13/h3-8,17H,9H2,1-2H3. The van der Waals surface area contributed by atoms with Gasteiger partial charge in [0.15, 0.2) is 0 Å². The van der Waals surface area contributed by atoms with Crippen LogP contribution in [0.1, 0.15) is 16.7 Å². The van der Waals surface area contributed by atoms with Crippen LogP contribution in [0.15, 0.2) is 36.7 Å². The Labute approximate surface area is 116 Å². The molecule has 2 rings (SSSR count). The maximum atomic E-state index is 4.19. The molecule has 0 aliphatic heterocycles. The third-order valence-electron chi connectivity index (χ3n) is 2.60. The van der Waals surface area contributed by atoms with Crippen LogP contribution in [0.5, 0.6) is 0 Å². The quantitative estimate of drug-likeness (QED) is 0.859. The third-order valence-corrected chi connectivity index (χ3v) is 3.76. The molecule has 17 heavy (non-hydrogen) atoms. The van der Waals surface area contributed by atoms with Gasteiger partial charge in [0.25, 0.3) is 0 Å². The van der Waals surface area contributed by atoms with Crippen molar-refractivity contribution < 1.29 is 0 Å². The summed E-state index contributed by atoms with van der Waals surface area (Å²) in [5.41, 5.74) is 4.87. The van der Waals surface area contributed by atoms with Gasteiger partial charge in [-0.05, 0) is 65.3 Å².